The summed E-state index contributed by atoms with van der Waals surface area (Å²) >= 11 is 0. The first-order valence-corrected chi connectivity index (χ1v) is 7.73. The van der Waals surface area contributed by atoms with Crippen LogP contribution in [0.3, 0.4) is 0 Å². The van der Waals surface area contributed by atoms with Crippen molar-refractivity contribution in [3.63, 3.8) is 0 Å². The highest BCUT2D eigenvalue weighted by Crippen LogP contribution is 2.22. The highest BCUT2D eigenvalue weighted by Gasteiger charge is 2.10. The second-order valence-corrected chi connectivity index (χ2v) is 5.78. The molecule has 1 aromatic rings. The van der Waals surface area contributed by atoms with Gasteiger partial charge in [0.05, 0.1) is 22.8 Å². The zero-order chi connectivity index (χ0) is 13.4. The Labute approximate surface area is 112 Å². The first-order chi connectivity index (χ1) is 8.72. The van der Waals surface area contributed by atoms with Crippen molar-refractivity contribution in [2.45, 2.75) is 37.1 Å². The molecule has 3 nitrogen and oxygen atoms in total. The third kappa shape index (κ3) is 4.42. The third-order valence-corrected chi connectivity index (χ3v) is 4.59. The fourth-order valence-corrected chi connectivity index (χ4v) is 3.19. The number of nitrogens with one attached hydrogen (secondary N) is 1. The summed E-state index contributed by atoms with van der Waals surface area (Å²) in [6.45, 7) is 2.17. The third-order valence-electron chi connectivity index (χ3n) is 3.10. The van der Waals surface area contributed by atoms with Gasteiger partial charge in [-0.1, -0.05) is 19.1 Å². The lowest BCUT2D eigenvalue weighted by Gasteiger charge is -2.13. The van der Waals surface area contributed by atoms with E-state index >= 15 is 0 Å². The van der Waals surface area contributed by atoms with Crippen LogP contribution in [-0.2, 0) is 10.8 Å². The first-order valence-electron chi connectivity index (χ1n) is 6.41. The van der Waals surface area contributed by atoms with Crippen LogP contribution in [0.15, 0.2) is 29.2 Å². The molecule has 0 aliphatic carbocycles. The Morgan fingerprint density at radius 1 is 1.39 bits per heavy atom. The van der Waals surface area contributed by atoms with Gasteiger partial charge in [0.2, 0.25) is 0 Å². The van der Waals surface area contributed by atoms with E-state index < -0.39 is 10.8 Å². The largest absolute Gasteiger partial charge is 0.495 e. The van der Waals surface area contributed by atoms with Crippen molar-refractivity contribution in [2.75, 3.05) is 19.9 Å². The van der Waals surface area contributed by atoms with Crippen LogP contribution in [0.1, 0.15) is 26.2 Å². The summed E-state index contributed by atoms with van der Waals surface area (Å²) in [7, 11) is 2.62. The van der Waals surface area contributed by atoms with E-state index in [1.807, 2.05) is 31.3 Å². The van der Waals surface area contributed by atoms with Gasteiger partial charge in [0.15, 0.2) is 0 Å². The van der Waals surface area contributed by atoms with Crippen LogP contribution in [0, 0.1) is 0 Å². The van der Waals surface area contributed by atoms with Crippen LogP contribution in [0.4, 0.5) is 0 Å². The molecule has 4 heteroatoms. The molecule has 0 bridgehead atoms. The number of hydrogen-bond acceptors (Lipinski definition) is 3. The van der Waals surface area contributed by atoms with Crippen molar-refractivity contribution >= 4 is 10.8 Å². The molecule has 0 amide bonds. The zero-order valence-corrected chi connectivity index (χ0v) is 12.3. The van der Waals surface area contributed by atoms with Crippen molar-refractivity contribution in [2.24, 2.45) is 0 Å². The van der Waals surface area contributed by atoms with Crippen LogP contribution in [-0.4, -0.2) is 30.2 Å². The maximum Gasteiger partial charge on any atom is 0.134 e. The van der Waals surface area contributed by atoms with Crippen LogP contribution in [0.2, 0.25) is 0 Å². The topological polar surface area (TPSA) is 38.3 Å². The van der Waals surface area contributed by atoms with E-state index in [1.54, 1.807) is 7.11 Å². The molecule has 0 aliphatic rings. The molecule has 1 rings (SSSR count). The summed E-state index contributed by atoms with van der Waals surface area (Å²) in [5.74, 6) is 1.41. The zero-order valence-electron chi connectivity index (χ0n) is 11.4. The van der Waals surface area contributed by atoms with Crippen LogP contribution in [0.5, 0.6) is 5.75 Å². The summed E-state index contributed by atoms with van der Waals surface area (Å²) in [5.41, 5.74) is 0. The number of rotatable bonds is 8. The van der Waals surface area contributed by atoms with E-state index in [9.17, 15) is 4.21 Å². The van der Waals surface area contributed by atoms with Crippen LogP contribution >= 0.6 is 0 Å². The van der Waals surface area contributed by atoms with Gasteiger partial charge >= 0.3 is 0 Å². The molecule has 1 aromatic carbocycles. The van der Waals surface area contributed by atoms with Crippen molar-refractivity contribution in [1.82, 2.24) is 5.32 Å². The molecule has 18 heavy (non-hydrogen) atoms. The average molecular weight is 269 g/mol. The monoisotopic (exact) mass is 269 g/mol. The highest BCUT2D eigenvalue weighted by molar-refractivity contribution is 7.85. The smallest absolute Gasteiger partial charge is 0.134 e. The van der Waals surface area contributed by atoms with Crippen molar-refractivity contribution in [1.29, 1.82) is 0 Å². The van der Waals surface area contributed by atoms with Gasteiger partial charge in [-0.25, -0.2) is 0 Å². The fourth-order valence-electron chi connectivity index (χ4n) is 1.93. The molecule has 0 fully saturated rings. The normalized spacial score (nSPS) is 14.2. The lowest BCUT2D eigenvalue weighted by atomic mass is 10.1. The summed E-state index contributed by atoms with van der Waals surface area (Å²) in [5, 5.41) is 3.26. The van der Waals surface area contributed by atoms with E-state index in [-0.39, 0.29) is 0 Å². The molecule has 0 spiro atoms. The first kappa shape index (κ1) is 15.2. The van der Waals surface area contributed by atoms with Gasteiger partial charge in [-0.15, -0.1) is 0 Å². The minimum atomic E-state index is -0.968. The molecule has 0 saturated heterocycles. The van der Waals surface area contributed by atoms with Gasteiger partial charge in [0, 0.05) is 11.8 Å². The number of ether oxygens (including phenoxy) is 1. The molecule has 2 atom stereocenters. The Kier molecular flexibility index (Phi) is 6.98. The average Bonchev–Trinajstić information content (AvgIpc) is 2.43. The molecule has 1 N–H and O–H groups in total. The maximum absolute atomic E-state index is 12.2. The fraction of sp³-hybridized carbons (Fsp3) is 0.571. The number of para-hydroxylation sites is 1. The molecule has 0 aromatic heterocycles. The van der Waals surface area contributed by atoms with Gasteiger partial charge in [0.25, 0.3) is 0 Å². The standard InChI is InChI=1S/C14H23NO2S/c1-4-12(15-2)8-7-11-18(16)14-10-6-5-9-13(14)17-3/h5-6,9-10,12,15H,4,7-8,11H2,1-3H3. The van der Waals surface area contributed by atoms with E-state index in [0.717, 1.165) is 29.9 Å². The van der Waals surface area contributed by atoms with Crippen molar-refractivity contribution in [3.8, 4) is 5.75 Å². The maximum atomic E-state index is 12.2. The number of methoxy groups -OCH3 is 1. The van der Waals surface area contributed by atoms with Crippen LogP contribution in [0.25, 0.3) is 0 Å². The predicted octanol–water partition coefficient (Wildman–Crippen LogP) is 2.58. The molecule has 2 unspecified atom stereocenters. The Bertz CT molecular complexity index is 378. The lowest BCUT2D eigenvalue weighted by molar-refractivity contribution is 0.404. The van der Waals surface area contributed by atoms with E-state index in [2.05, 4.69) is 12.2 Å². The Morgan fingerprint density at radius 2 is 2.11 bits per heavy atom. The van der Waals surface area contributed by atoms with Gasteiger partial charge in [-0.3, -0.25) is 4.21 Å². The van der Waals surface area contributed by atoms with Gasteiger partial charge in [-0.05, 0) is 38.4 Å². The minimum absolute atomic E-state index is 0.527. The summed E-state index contributed by atoms with van der Waals surface area (Å²) in [4.78, 5) is 0.803. The SMILES string of the molecule is CCC(CCCS(=O)c1ccccc1OC)NC. The molecule has 0 aliphatic heterocycles. The predicted molar refractivity (Wildman–Crippen MR) is 76.6 cm³/mol. The molecule has 0 radical (unpaired) electrons. The summed E-state index contributed by atoms with van der Waals surface area (Å²) in [6.07, 6.45) is 3.13. The lowest BCUT2D eigenvalue weighted by Crippen LogP contribution is -2.24. The van der Waals surface area contributed by atoms with Crippen molar-refractivity contribution < 1.29 is 8.95 Å². The van der Waals surface area contributed by atoms with E-state index in [1.165, 1.54) is 0 Å². The second kappa shape index (κ2) is 8.27. The van der Waals surface area contributed by atoms with Crippen LogP contribution < -0.4 is 10.1 Å². The minimum Gasteiger partial charge on any atom is -0.495 e. The molecule has 0 heterocycles. The van der Waals surface area contributed by atoms with Gasteiger partial charge < -0.3 is 10.1 Å². The molecular weight excluding hydrogens is 246 g/mol. The molecule has 0 saturated carbocycles. The summed E-state index contributed by atoms with van der Waals surface area (Å²) in [6, 6.07) is 8.06. The Balaban J connectivity index is 2.50. The number of hydrogen-bond donors (Lipinski definition) is 1. The highest BCUT2D eigenvalue weighted by atomic mass is 32.2. The Hall–Kier alpha value is -0.870. The second-order valence-electron chi connectivity index (χ2n) is 4.24. The van der Waals surface area contributed by atoms with Gasteiger partial charge in [0.1, 0.15) is 5.75 Å². The molecule has 102 valence electrons. The molecular formula is C14H23NO2S. The quantitative estimate of drug-likeness (QED) is 0.788. The van der Waals surface area contributed by atoms with Gasteiger partial charge in [-0.2, -0.15) is 0 Å². The summed E-state index contributed by atoms with van der Waals surface area (Å²) < 4.78 is 17.4. The van der Waals surface area contributed by atoms with Crippen molar-refractivity contribution in [3.05, 3.63) is 24.3 Å². The van der Waals surface area contributed by atoms with E-state index in [0.29, 0.717) is 11.8 Å². The van der Waals surface area contributed by atoms with E-state index in [4.69, 9.17) is 4.74 Å². The Morgan fingerprint density at radius 3 is 2.72 bits per heavy atom. The number of benzene rings is 1.